The molecular formula is C16H22N2O3. The van der Waals surface area contributed by atoms with Crippen molar-refractivity contribution in [2.45, 2.75) is 57.6 Å². The number of aromatic nitrogens is 1. The molecule has 0 spiro atoms. The van der Waals surface area contributed by atoms with Crippen molar-refractivity contribution in [3.8, 4) is 0 Å². The number of nitrogens with zero attached hydrogens (tertiary/aromatic N) is 1. The summed E-state index contributed by atoms with van der Waals surface area (Å²) < 4.78 is 5.35. The van der Waals surface area contributed by atoms with E-state index < -0.39 is 17.2 Å². The monoisotopic (exact) mass is 290 g/mol. The number of carbonyl (C=O) groups is 2. The van der Waals surface area contributed by atoms with Crippen molar-refractivity contribution in [2.24, 2.45) is 0 Å². The summed E-state index contributed by atoms with van der Waals surface area (Å²) in [4.78, 5) is 28.0. The molecule has 2 rings (SSSR count). The molecule has 0 radical (unpaired) electrons. The van der Waals surface area contributed by atoms with Crippen LogP contribution in [0, 0.1) is 0 Å². The molecule has 1 heterocycles. The fourth-order valence-electron chi connectivity index (χ4n) is 2.55. The molecule has 21 heavy (non-hydrogen) atoms. The normalized spacial score (nSPS) is 18.1. The molecule has 1 amide bonds. The van der Waals surface area contributed by atoms with E-state index in [0.29, 0.717) is 25.7 Å². The molecule has 0 aromatic carbocycles. The van der Waals surface area contributed by atoms with Crippen molar-refractivity contribution in [3.05, 3.63) is 30.1 Å². The first kappa shape index (κ1) is 15.5. The molecule has 0 atom stereocenters. The minimum absolute atomic E-state index is 0.229. The van der Waals surface area contributed by atoms with Gasteiger partial charge >= 0.3 is 6.09 Å². The Hall–Kier alpha value is -1.91. The maximum Gasteiger partial charge on any atom is 0.408 e. The van der Waals surface area contributed by atoms with E-state index in [1.165, 1.54) is 0 Å². The molecule has 1 aromatic heterocycles. The Morgan fingerprint density at radius 2 is 1.95 bits per heavy atom. The number of hydrogen-bond donors (Lipinski definition) is 1. The number of ether oxygens (including phenoxy) is 1. The highest BCUT2D eigenvalue weighted by molar-refractivity contribution is 5.80. The van der Waals surface area contributed by atoms with Crippen molar-refractivity contribution in [1.29, 1.82) is 0 Å². The van der Waals surface area contributed by atoms with Crippen molar-refractivity contribution in [3.63, 3.8) is 0 Å². The number of pyridine rings is 1. The van der Waals surface area contributed by atoms with Crippen LogP contribution in [-0.2, 0) is 15.1 Å². The van der Waals surface area contributed by atoms with Gasteiger partial charge in [0.05, 0.1) is 11.2 Å². The maximum atomic E-state index is 12.1. The van der Waals surface area contributed by atoms with Gasteiger partial charge in [-0.1, -0.05) is 6.07 Å². The van der Waals surface area contributed by atoms with Gasteiger partial charge in [-0.3, -0.25) is 9.78 Å². The lowest BCUT2D eigenvalue weighted by Gasteiger charge is -2.37. The van der Waals surface area contributed by atoms with Gasteiger partial charge in [0, 0.05) is 19.0 Å². The lowest BCUT2D eigenvalue weighted by Crippen LogP contribution is -2.50. The zero-order valence-corrected chi connectivity index (χ0v) is 12.8. The second kappa shape index (κ2) is 5.84. The number of nitrogens with one attached hydrogen (secondary N) is 1. The highest BCUT2D eigenvalue weighted by Crippen LogP contribution is 2.35. The third kappa shape index (κ3) is 4.03. The average molecular weight is 290 g/mol. The van der Waals surface area contributed by atoms with Gasteiger partial charge in [-0.05, 0) is 45.7 Å². The minimum atomic E-state index is -0.614. The summed E-state index contributed by atoms with van der Waals surface area (Å²) in [5.74, 6) is 0.229. The van der Waals surface area contributed by atoms with E-state index in [9.17, 15) is 9.59 Å². The van der Waals surface area contributed by atoms with E-state index >= 15 is 0 Å². The van der Waals surface area contributed by atoms with E-state index in [4.69, 9.17) is 4.74 Å². The molecule has 1 aliphatic carbocycles. The van der Waals surface area contributed by atoms with Crippen molar-refractivity contribution in [2.75, 3.05) is 0 Å². The van der Waals surface area contributed by atoms with E-state index in [2.05, 4.69) is 10.3 Å². The Morgan fingerprint density at radius 1 is 1.29 bits per heavy atom. The molecule has 1 N–H and O–H groups in total. The predicted molar refractivity (Wildman–Crippen MR) is 78.8 cm³/mol. The number of rotatable bonds is 2. The lowest BCUT2D eigenvalue weighted by atomic mass is 9.78. The highest BCUT2D eigenvalue weighted by atomic mass is 16.6. The molecule has 1 aromatic rings. The third-order valence-electron chi connectivity index (χ3n) is 3.56. The average Bonchev–Trinajstić information content (AvgIpc) is 2.40. The third-order valence-corrected chi connectivity index (χ3v) is 3.56. The van der Waals surface area contributed by atoms with Gasteiger partial charge in [0.15, 0.2) is 0 Å². The van der Waals surface area contributed by atoms with Crippen LogP contribution in [0.5, 0.6) is 0 Å². The number of Topliss-reactive ketones (excluding diaryl/α,β-unsaturated/α-hetero) is 1. The number of alkyl carbamates (subject to hydrolysis) is 1. The largest absolute Gasteiger partial charge is 0.444 e. The Kier molecular flexibility index (Phi) is 4.30. The van der Waals surface area contributed by atoms with Crippen LogP contribution in [0.25, 0.3) is 0 Å². The lowest BCUT2D eigenvalue weighted by molar-refractivity contribution is -0.121. The minimum Gasteiger partial charge on any atom is -0.444 e. The Morgan fingerprint density at radius 3 is 2.48 bits per heavy atom. The molecule has 5 nitrogen and oxygen atoms in total. The molecule has 1 saturated carbocycles. The first-order valence-corrected chi connectivity index (χ1v) is 7.25. The van der Waals surface area contributed by atoms with Crippen LogP contribution in [0.4, 0.5) is 4.79 Å². The fourth-order valence-corrected chi connectivity index (χ4v) is 2.55. The maximum absolute atomic E-state index is 12.1. The SMILES string of the molecule is CC(C)(C)OC(=O)NC1(c2ccccn2)CCC(=O)CC1. The van der Waals surface area contributed by atoms with Gasteiger partial charge in [-0.2, -0.15) is 0 Å². The molecule has 5 heteroatoms. The summed E-state index contributed by atoms with van der Waals surface area (Å²) in [6.07, 6.45) is 3.25. The topological polar surface area (TPSA) is 68.3 Å². The molecule has 0 saturated heterocycles. The molecule has 0 bridgehead atoms. The van der Waals surface area contributed by atoms with Gasteiger partial charge in [0.1, 0.15) is 11.4 Å². The second-order valence-corrected chi connectivity index (χ2v) is 6.46. The first-order chi connectivity index (χ1) is 9.81. The van der Waals surface area contributed by atoms with E-state index in [-0.39, 0.29) is 5.78 Å². The van der Waals surface area contributed by atoms with Crippen LogP contribution in [0.15, 0.2) is 24.4 Å². The molecule has 114 valence electrons. The van der Waals surface area contributed by atoms with Crippen LogP contribution in [0.3, 0.4) is 0 Å². The van der Waals surface area contributed by atoms with Gasteiger partial charge in [0.2, 0.25) is 0 Å². The van der Waals surface area contributed by atoms with E-state index in [1.54, 1.807) is 6.20 Å². The Bertz CT molecular complexity index is 510. The van der Waals surface area contributed by atoms with Crippen LogP contribution in [-0.4, -0.2) is 22.5 Å². The van der Waals surface area contributed by atoms with Gasteiger partial charge < -0.3 is 10.1 Å². The predicted octanol–water partition coefficient (Wildman–Crippen LogP) is 2.94. The van der Waals surface area contributed by atoms with Gasteiger partial charge in [0.25, 0.3) is 0 Å². The molecule has 1 aliphatic rings. The number of ketones is 1. The summed E-state index contributed by atoms with van der Waals surface area (Å²) in [5.41, 5.74) is -0.388. The number of hydrogen-bond acceptors (Lipinski definition) is 4. The van der Waals surface area contributed by atoms with Crippen LogP contribution in [0.1, 0.15) is 52.1 Å². The van der Waals surface area contributed by atoms with Gasteiger partial charge in [-0.25, -0.2) is 4.79 Å². The van der Waals surface area contributed by atoms with Crippen LogP contribution < -0.4 is 5.32 Å². The Balaban J connectivity index is 2.21. The summed E-state index contributed by atoms with van der Waals surface area (Å²) in [5, 5.41) is 2.95. The second-order valence-electron chi connectivity index (χ2n) is 6.46. The van der Waals surface area contributed by atoms with E-state index in [0.717, 1.165) is 5.69 Å². The smallest absolute Gasteiger partial charge is 0.408 e. The molecule has 0 unspecified atom stereocenters. The van der Waals surface area contributed by atoms with Crippen LogP contribution in [0.2, 0.25) is 0 Å². The van der Waals surface area contributed by atoms with Crippen molar-refractivity contribution in [1.82, 2.24) is 10.3 Å². The molecular weight excluding hydrogens is 268 g/mol. The first-order valence-electron chi connectivity index (χ1n) is 7.25. The van der Waals surface area contributed by atoms with Gasteiger partial charge in [-0.15, -0.1) is 0 Å². The Labute approximate surface area is 125 Å². The van der Waals surface area contributed by atoms with E-state index in [1.807, 2.05) is 39.0 Å². The standard InChI is InChI=1S/C16H22N2O3/c1-15(2,3)21-14(20)18-16(9-7-12(19)8-10-16)13-6-4-5-11-17-13/h4-6,11H,7-10H2,1-3H3,(H,18,20). The summed E-state index contributed by atoms with van der Waals surface area (Å²) in [6.45, 7) is 5.47. The zero-order chi connectivity index (χ0) is 15.5. The van der Waals surface area contributed by atoms with Crippen molar-refractivity contribution < 1.29 is 14.3 Å². The van der Waals surface area contributed by atoms with Crippen molar-refractivity contribution >= 4 is 11.9 Å². The number of amides is 1. The molecule has 0 aliphatic heterocycles. The zero-order valence-electron chi connectivity index (χ0n) is 12.8. The summed E-state index contributed by atoms with van der Waals surface area (Å²) in [6, 6.07) is 5.60. The molecule has 1 fully saturated rings. The summed E-state index contributed by atoms with van der Waals surface area (Å²) in [7, 11) is 0. The van der Waals surface area contributed by atoms with Crippen LogP contribution >= 0.6 is 0 Å². The summed E-state index contributed by atoms with van der Waals surface area (Å²) >= 11 is 0. The highest BCUT2D eigenvalue weighted by Gasteiger charge is 2.39. The number of carbonyl (C=O) groups excluding carboxylic acids is 2. The fraction of sp³-hybridized carbons (Fsp3) is 0.562. The quantitative estimate of drug-likeness (QED) is 0.909.